The molecule has 1 saturated heterocycles. The quantitative estimate of drug-likeness (QED) is 0.668. The van der Waals surface area contributed by atoms with Crippen LogP contribution in [0, 0.1) is 0 Å². The second kappa shape index (κ2) is 7.78. The molecule has 2 aromatic heterocycles. The molecule has 0 radical (unpaired) electrons. The Morgan fingerprint density at radius 3 is 2.78 bits per heavy atom. The van der Waals surface area contributed by atoms with Crippen molar-refractivity contribution in [2.24, 2.45) is 0 Å². The number of hydrogen-bond donors (Lipinski definition) is 0. The number of fused-ring (bicyclic) bond motifs is 1. The highest BCUT2D eigenvalue weighted by atomic mass is 16.6. The van der Waals surface area contributed by atoms with Gasteiger partial charge in [-0.1, -0.05) is 32.9 Å². The van der Waals surface area contributed by atoms with Crippen molar-refractivity contribution in [1.29, 1.82) is 0 Å². The first-order valence-corrected chi connectivity index (χ1v) is 9.72. The predicted molar refractivity (Wildman–Crippen MR) is 103 cm³/mol. The minimum Gasteiger partial charge on any atom is -0.376 e. The van der Waals surface area contributed by atoms with E-state index in [0.29, 0.717) is 38.8 Å². The first-order valence-electron chi connectivity index (χ1n) is 9.72. The van der Waals surface area contributed by atoms with Crippen LogP contribution in [-0.2, 0) is 29.0 Å². The average Bonchev–Trinajstić information content (AvgIpc) is 3.25. The Balaban J connectivity index is 1.69. The van der Waals surface area contributed by atoms with Gasteiger partial charge < -0.3 is 14.0 Å². The summed E-state index contributed by atoms with van der Waals surface area (Å²) in [6.45, 7) is 9.64. The summed E-state index contributed by atoms with van der Waals surface area (Å²) in [4.78, 5) is 9.62. The summed E-state index contributed by atoms with van der Waals surface area (Å²) in [6.07, 6.45) is 0.831. The molecular weight excluding hydrogens is 342 g/mol. The highest BCUT2D eigenvalue weighted by Crippen LogP contribution is 2.23. The maximum Gasteiger partial charge on any atom is 0.150 e. The van der Waals surface area contributed by atoms with Crippen LogP contribution in [0.4, 0.5) is 0 Å². The summed E-state index contributed by atoms with van der Waals surface area (Å²) in [5.74, 6) is 3.19. The van der Waals surface area contributed by atoms with Gasteiger partial charge in [-0.05, 0) is 12.1 Å². The fraction of sp³-hybridized carbons (Fsp3) is 0.550. The van der Waals surface area contributed by atoms with Crippen LogP contribution in [0.15, 0.2) is 24.3 Å². The predicted octanol–water partition coefficient (Wildman–Crippen LogP) is 2.78. The molecule has 0 aliphatic carbocycles. The Morgan fingerprint density at radius 1 is 1.19 bits per heavy atom. The van der Waals surface area contributed by atoms with Crippen molar-refractivity contribution in [3.63, 3.8) is 0 Å². The molecule has 1 aromatic carbocycles. The largest absolute Gasteiger partial charge is 0.376 e. The van der Waals surface area contributed by atoms with Crippen LogP contribution in [-0.4, -0.2) is 50.2 Å². The first-order chi connectivity index (χ1) is 13.2. The third-order valence-corrected chi connectivity index (χ3v) is 4.87. The second-order valence-electron chi connectivity index (χ2n) is 7.25. The smallest absolute Gasteiger partial charge is 0.150 e. The summed E-state index contributed by atoms with van der Waals surface area (Å²) in [6, 6.07) is 8.27. The SMILES string of the molecule is CCc1nc(Cn2c(C(C)C)nc3ccccc32)n(CC2COCCO2)n1. The average molecular weight is 369 g/mol. The standard InChI is InChI=1S/C20H27N5O2/c1-4-18-22-19(25(23-18)11-15-13-26-9-10-27-15)12-24-17-8-6-5-7-16(17)21-20(24)14(2)3/h5-8,14-15H,4,9-13H2,1-3H3. The van der Waals surface area contributed by atoms with E-state index >= 15 is 0 Å². The molecule has 1 atom stereocenters. The number of aryl methyl sites for hydroxylation is 1. The zero-order valence-electron chi connectivity index (χ0n) is 16.3. The van der Waals surface area contributed by atoms with Gasteiger partial charge in [0.05, 0.1) is 43.9 Å². The molecule has 3 aromatic rings. The lowest BCUT2D eigenvalue weighted by Gasteiger charge is -2.23. The van der Waals surface area contributed by atoms with Crippen LogP contribution in [0.25, 0.3) is 11.0 Å². The molecule has 0 spiro atoms. The Kier molecular flexibility index (Phi) is 5.22. The molecular formula is C20H27N5O2. The lowest BCUT2D eigenvalue weighted by atomic mass is 10.2. The Bertz CT molecular complexity index is 908. The molecule has 27 heavy (non-hydrogen) atoms. The van der Waals surface area contributed by atoms with Crippen molar-refractivity contribution >= 4 is 11.0 Å². The second-order valence-corrected chi connectivity index (χ2v) is 7.25. The van der Waals surface area contributed by atoms with E-state index in [1.54, 1.807) is 0 Å². The van der Waals surface area contributed by atoms with Crippen molar-refractivity contribution in [3.8, 4) is 0 Å². The normalized spacial score (nSPS) is 17.9. The first kappa shape index (κ1) is 18.1. The van der Waals surface area contributed by atoms with Crippen molar-refractivity contribution in [2.75, 3.05) is 19.8 Å². The fourth-order valence-corrected chi connectivity index (χ4v) is 3.52. The van der Waals surface area contributed by atoms with Gasteiger partial charge in [-0.25, -0.2) is 14.6 Å². The van der Waals surface area contributed by atoms with E-state index in [2.05, 4.69) is 43.5 Å². The van der Waals surface area contributed by atoms with Gasteiger partial charge in [-0.3, -0.25) is 0 Å². The number of hydrogen-bond acceptors (Lipinski definition) is 5. The highest BCUT2D eigenvalue weighted by molar-refractivity contribution is 5.76. The Labute approximate surface area is 159 Å². The molecule has 3 heterocycles. The van der Waals surface area contributed by atoms with Gasteiger partial charge in [0, 0.05) is 12.3 Å². The van der Waals surface area contributed by atoms with E-state index in [9.17, 15) is 0 Å². The summed E-state index contributed by atoms with van der Waals surface area (Å²) < 4.78 is 15.6. The Hall–Kier alpha value is -2.25. The van der Waals surface area contributed by atoms with E-state index < -0.39 is 0 Å². The summed E-state index contributed by atoms with van der Waals surface area (Å²) in [5.41, 5.74) is 2.15. The number of benzene rings is 1. The summed E-state index contributed by atoms with van der Waals surface area (Å²) in [5, 5.41) is 4.69. The molecule has 1 fully saturated rings. The summed E-state index contributed by atoms with van der Waals surface area (Å²) in [7, 11) is 0. The van der Waals surface area contributed by atoms with Gasteiger partial charge in [-0.15, -0.1) is 0 Å². The molecule has 7 heteroatoms. The third-order valence-electron chi connectivity index (χ3n) is 4.87. The van der Waals surface area contributed by atoms with Crippen molar-refractivity contribution < 1.29 is 9.47 Å². The van der Waals surface area contributed by atoms with E-state index in [4.69, 9.17) is 24.5 Å². The number of rotatable bonds is 6. The topological polar surface area (TPSA) is 67.0 Å². The van der Waals surface area contributed by atoms with Crippen LogP contribution in [0.2, 0.25) is 0 Å². The van der Waals surface area contributed by atoms with E-state index in [0.717, 1.165) is 34.9 Å². The molecule has 1 unspecified atom stereocenters. The molecule has 0 saturated carbocycles. The molecule has 0 N–H and O–H groups in total. The lowest BCUT2D eigenvalue weighted by molar-refractivity contribution is -0.0949. The number of nitrogens with zero attached hydrogens (tertiary/aromatic N) is 5. The zero-order chi connectivity index (χ0) is 18.8. The van der Waals surface area contributed by atoms with Gasteiger partial charge in [0.1, 0.15) is 17.8 Å². The van der Waals surface area contributed by atoms with E-state index in [1.165, 1.54) is 0 Å². The molecule has 7 nitrogen and oxygen atoms in total. The number of para-hydroxylation sites is 2. The lowest BCUT2D eigenvalue weighted by Crippen LogP contribution is -2.33. The van der Waals surface area contributed by atoms with Crippen molar-refractivity contribution in [3.05, 3.63) is 41.7 Å². The maximum absolute atomic E-state index is 5.81. The zero-order valence-corrected chi connectivity index (χ0v) is 16.3. The molecule has 1 aliphatic heterocycles. The molecule has 4 rings (SSSR count). The van der Waals surface area contributed by atoms with Gasteiger partial charge in [0.2, 0.25) is 0 Å². The third kappa shape index (κ3) is 3.75. The van der Waals surface area contributed by atoms with Crippen LogP contribution in [0.5, 0.6) is 0 Å². The van der Waals surface area contributed by atoms with Crippen LogP contribution >= 0.6 is 0 Å². The molecule has 0 amide bonds. The van der Waals surface area contributed by atoms with Crippen LogP contribution < -0.4 is 0 Å². The number of imidazole rings is 1. The number of ether oxygens (including phenoxy) is 2. The van der Waals surface area contributed by atoms with Gasteiger partial charge >= 0.3 is 0 Å². The summed E-state index contributed by atoms with van der Waals surface area (Å²) >= 11 is 0. The fourth-order valence-electron chi connectivity index (χ4n) is 3.52. The highest BCUT2D eigenvalue weighted by Gasteiger charge is 2.21. The minimum absolute atomic E-state index is 0.0213. The number of aromatic nitrogens is 5. The van der Waals surface area contributed by atoms with Crippen molar-refractivity contribution in [1.82, 2.24) is 24.3 Å². The minimum atomic E-state index is 0.0213. The maximum atomic E-state index is 5.81. The van der Waals surface area contributed by atoms with Crippen LogP contribution in [0.1, 0.15) is 44.2 Å². The Morgan fingerprint density at radius 2 is 2.04 bits per heavy atom. The van der Waals surface area contributed by atoms with E-state index in [-0.39, 0.29) is 6.10 Å². The van der Waals surface area contributed by atoms with Gasteiger partial charge in [0.15, 0.2) is 5.82 Å². The van der Waals surface area contributed by atoms with Crippen LogP contribution in [0.3, 0.4) is 0 Å². The molecule has 0 bridgehead atoms. The molecule has 1 aliphatic rings. The molecule has 144 valence electrons. The van der Waals surface area contributed by atoms with Gasteiger partial charge in [-0.2, -0.15) is 5.10 Å². The van der Waals surface area contributed by atoms with E-state index in [1.807, 2.05) is 10.7 Å². The monoisotopic (exact) mass is 369 g/mol. The van der Waals surface area contributed by atoms with Crippen molar-refractivity contribution in [2.45, 2.75) is 52.3 Å². The van der Waals surface area contributed by atoms with Gasteiger partial charge in [0.25, 0.3) is 0 Å².